The molecule has 1 fully saturated rings. The van der Waals surface area contributed by atoms with Gasteiger partial charge in [0, 0.05) is 34.9 Å². The molecule has 0 atom stereocenters. The average Bonchev–Trinajstić information content (AvgIpc) is 3.26. The van der Waals surface area contributed by atoms with Crippen molar-refractivity contribution in [3.05, 3.63) is 49.8 Å². The summed E-state index contributed by atoms with van der Waals surface area (Å²) in [6, 6.07) is 4.66. The standard InChI is InChI=1S/C27H37ClN6O3/c1-7-34(19-10-8-18(9-11-19)33(4)5)22-13-17(28)12-20(15(22)2)26(36)29-14-21-25(35)24-23(16(3)31-32-24)30-27(21)37-6/h12-13,18-19H,7-11,14H2,1-6H3,(H,29,36)(H,30,35)(H,31,32). The van der Waals surface area contributed by atoms with Gasteiger partial charge in [-0.1, -0.05) is 11.6 Å². The van der Waals surface area contributed by atoms with Crippen molar-refractivity contribution in [2.45, 2.75) is 65.1 Å². The van der Waals surface area contributed by atoms with Crippen LogP contribution in [0.5, 0.6) is 5.88 Å². The van der Waals surface area contributed by atoms with E-state index >= 15 is 0 Å². The zero-order valence-corrected chi connectivity index (χ0v) is 23.3. The lowest BCUT2D eigenvalue weighted by Crippen LogP contribution is -2.42. The number of benzene rings is 1. The number of fused-ring (bicyclic) bond motifs is 1. The zero-order chi connectivity index (χ0) is 26.9. The van der Waals surface area contributed by atoms with Crippen molar-refractivity contribution in [3.8, 4) is 5.88 Å². The molecule has 1 amide bonds. The quantitative estimate of drug-likeness (QED) is 0.405. The van der Waals surface area contributed by atoms with Gasteiger partial charge in [-0.05, 0) is 78.2 Å². The number of pyridine rings is 1. The largest absolute Gasteiger partial charge is 0.482 e. The first-order valence-electron chi connectivity index (χ1n) is 12.8. The second-order valence-corrected chi connectivity index (χ2v) is 10.5. The van der Waals surface area contributed by atoms with Gasteiger partial charge in [0.15, 0.2) is 11.4 Å². The van der Waals surface area contributed by atoms with Crippen LogP contribution in [0.1, 0.15) is 59.8 Å². The summed E-state index contributed by atoms with van der Waals surface area (Å²) in [5.74, 6) is 0.00432. The van der Waals surface area contributed by atoms with E-state index in [1.807, 2.05) is 19.9 Å². The Labute approximate surface area is 222 Å². The molecule has 0 unspecified atom stereocenters. The number of nitrogens with zero attached hydrogens (tertiary/aromatic N) is 3. The summed E-state index contributed by atoms with van der Waals surface area (Å²) in [6.45, 7) is 6.74. The van der Waals surface area contributed by atoms with Crippen molar-refractivity contribution >= 4 is 34.2 Å². The molecular formula is C27H37ClN6O3. The van der Waals surface area contributed by atoms with Gasteiger partial charge in [-0.25, -0.2) is 0 Å². The fraction of sp³-hybridized carbons (Fsp3) is 0.519. The van der Waals surface area contributed by atoms with Crippen LogP contribution in [-0.4, -0.2) is 65.8 Å². The Kier molecular flexibility index (Phi) is 8.14. The highest BCUT2D eigenvalue weighted by molar-refractivity contribution is 6.31. The highest BCUT2D eigenvalue weighted by Crippen LogP contribution is 2.34. The fourth-order valence-corrected chi connectivity index (χ4v) is 5.70. The van der Waals surface area contributed by atoms with Gasteiger partial charge < -0.3 is 24.8 Å². The number of H-pyrrole nitrogens is 2. The zero-order valence-electron chi connectivity index (χ0n) is 22.5. The van der Waals surface area contributed by atoms with Crippen molar-refractivity contribution < 1.29 is 9.53 Å². The summed E-state index contributed by atoms with van der Waals surface area (Å²) in [5, 5.41) is 10.3. The summed E-state index contributed by atoms with van der Waals surface area (Å²) in [5.41, 5.74) is 3.98. The van der Waals surface area contributed by atoms with Crippen LogP contribution < -0.4 is 20.4 Å². The molecule has 0 bridgehead atoms. The molecule has 1 aliphatic carbocycles. The number of ether oxygens (including phenoxy) is 1. The maximum atomic E-state index is 13.4. The van der Waals surface area contributed by atoms with E-state index in [1.54, 1.807) is 6.07 Å². The van der Waals surface area contributed by atoms with E-state index in [4.69, 9.17) is 16.3 Å². The van der Waals surface area contributed by atoms with E-state index in [-0.39, 0.29) is 23.4 Å². The molecule has 0 radical (unpaired) electrons. The van der Waals surface area contributed by atoms with Crippen LogP contribution in [0.4, 0.5) is 5.69 Å². The monoisotopic (exact) mass is 528 g/mol. The predicted molar refractivity (Wildman–Crippen MR) is 148 cm³/mol. The van der Waals surface area contributed by atoms with Gasteiger partial charge in [0.05, 0.1) is 30.4 Å². The number of aryl methyl sites for hydroxylation is 1. The summed E-state index contributed by atoms with van der Waals surface area (Å²) in [6.07, 6.45) is 4.50. The van der Waals surface area contributed by atoms with Gasteiger partial charge in [-0.15, -0.1) is 0 Å². The molecular weight excluding hydrogens is 492 g/mol. The number of hydrogen-bond acceptors (Lipinski definition) is 6. The van der Waals surface area contributed by atoms with Gasteiger partial charge >= 0.3 is 0 Å². The van der Waals surface area contributed by atoms with Gasteiger partial charge in [0.1, 0.15) is 0 Å². The Balaban J connectivity index is 1.58. The second-order valence-electron chi connectivity index (χ2n) is 10.0. The third-order valence-corrected chi connectivity index (χ3v) is 7.87. The molecule has 0 spiro atoms. The summed E-state index contributed by atoms with van der Waals surface area (Å²) in [4.78, 5) is 34.2. The maximum absolute atomic E-state index is 13.4. The van der Waals surface area contributed by atoms with Crippen LogP contribution in [-0.2, 0) is 6.54 Å². The average molecular weight is 529 g/mol. The van der Waals surface area contributed by atoms with Crippen molar-refractivity contribution in [3.63, 3.8) is 0 Å². The summed E-state index contributed by atoms with van der Waals surface area (Å²) in [7, 11) is 5.77. The minimum Gasteiger partial charge on any atom is -0.482 e. The van der Waals surface area contributed by atoms with Crippen LogP contribution in [0.25, 0.3) is 11.0 Å². The lowest BCUT2D eigenvalue weighted by molar-refractivity contribution is 0.0950. The number of aromatic amines is 2. The van der Waals surface area contributed by atoms with Gasteiger partial charge in [-0.3, -0.25) is 14.7 Å². The molecule has 1 aliphatic rings. The van der Waals surface area contributed by atoms with Gasteiger partial charge in [-0.2, -0.15) is 5.10 Å². The van der Waals surface area contributed by atoms with Crippen molar-refractivity contribution in [1.29, 1.82) is 0 Å². The smallest absolute Gasteiger partial charge is 0.251 e. The van der Waals surface area contributed by atoms with E-state index in [1.165, 1.54) is 7.11 Å². The van der Waals surface area contributed by atoms with E-state index < -0.39 is 0 Å². The molecule has 4 rings (SSSR count). The third kappa shape index (κ3) is 5.33. The number of halogens is 1. The molecule has 1 aromatic carbocycles. The molecule has 0 aliphatic heterocycles. The molecule has 10 heteroatoms. The molecule has 9 nitrogen and oxygen atoms in total. The number of rotatable bonds is 8. The topological polar surface area (TPSA) is 106 Å². The second kappa shape index (κ2) is 11.1. The van der Waals surface area contributed by atoms with Gasteiger partial charge in [0.25, 0.3) is 5.91 Å². The lowest BCUT2D eigenvalue weighted by Gasteiger charge is -2.40. The normalized spacial score (nSPS) is 17.8. The molecule has 2 aromatic heterocycles. The van der Waals surface area contributed by atoms with Gasteiger partial charge in [0.2, 0.25) is 5.43 Å². The fourth-order valence-electron chi connectivity index (χ4n) is 5.49. The van der Waals surface area contributed by atoms with E-state index in [2.05, 4.69) is 51.3 Å². The first kappa shape index (κ1) is 27.0. The van der Waals surface area contributed by atoms with Crippen molar-refractivity contribution in [2.75, 3.05) is 32.6 Å². The van der Waals surface area contributed by atoms with E-state index in [0.717, 1.165) is 49.2 Å². The maximum Gasteiger partial charge on any atom is 0.251 e. The number of carbonyl (C=O) groups is 1. The third-order valence-electron chi connectivity index (χ3n) is 7.66. The SMILES string of the molecule is CCN(c1cc(Cl)cc(C(=O)NCc2c(OC)[nH]c3c(C)[nH]nc3c2=O)c1C)C1CCC(N(C)C)CC1. The number of methoxy groups -OCH3 is 1. The highest BCUT2D eigenvalue weighted by Gasteiger charge is 2.28. The Hall–Kier alpha value is -3.04. The van der Waals surface area contributed by atoms with Crippen LogP contribution in [0.2, 0.25) is 5.02 Å². The first-order chi connectivity index (χ1) is 17.7. The number of nitrogens with one attached hydrogen (secondary N) is 3. The van der Waals surface area contributed by atoms with E-state index in [9.17, 15) is 9.59 Å². The summed E-state index contributed by atoms with van der Waals surface area (Å²) >= 11 is 6.53. The highest BCUT2D eigenvalue weighted by atomic mass is 35.5. The Morgan fingerprint density at radius 3 is 2.49 bits per heavy atom. The number of hydrogen-bond donors (Lipinski definition) is 3. The van der Waals surface area contributed by atoms with Crippen LogP contribution >= 0.6 is 11.6 Å². The number of carbonyl (C=O) groups excluding carboxylic acids is 1. The lowest BCUT2D eigenvalue weighted by atomic mass is 9.89. The number of amides is 1. The molecule has 3 N–H and O–H groups in total. The molecule has 200 valence electrons. The first-order valence-corrected chi connectivity index (χ1v) is 13.2. The molecule has 37 heavy (non-hydrogen) atoms. The summed E-state index contributed by atoms with van der Waals surface area (Å²) < 4.78 is 5.41. The van der Waals surface area contributed by atoms with E-state index in [0.29, 0.717) is 39.6 Å². The Morgan fingerprint density at radius 1 is 1.19 bits per heavy atom. The van der Waals surface area contributed by atoms with Crippen LogP contribution in [0.3, 0.4) is 0 Å². The van der Waals surface area contributed by atoms with Crippen LogP contribution in [0.15, 0.2) is 16.9 Å². The Bertz CT molecular complexity index is 1340. The van der Waals surface area contributed by atoms with Crippen LogP contribution in [0, 0.1) is 13.8 Å². The van der Waals surface area contributed by atoms with Crippen molar-refractivity contribution in [2.24, 2.45) is 0 Å². The number of anilines is 1. The molecule has 0 saturated heterocycles. The molecule has 2 heterocycles. The molecule has 3 aromatic rings. The van der Waals surface area contributed by atoms with Crippen molar-refractivity contribution in [1.82, 2.24) is 25.4 Å². The minimum absolute atomic E-state index is 0.00743. The number of aromatic nitrogens is 3. The predicted octanol–water partition coefficient (Wildman–Crippen LogP) is 4.16. The minimum atomic E-state index is -0.298. The molecule has 1 saturated carbocycles. The Morgan fingerprint density at radius 2 is 1.86 bits per heavy atom.